The Kier molecular flexibility index (Phi) is 7.12. The summed E-state index contributed by atoms with van der Waals surface area (Å²) in [6.07, 6.45) is 6.57. The Bertz CT molecular complexity index is 946. The first-order chi connectivity index (χ1) is 14.4. The van der Waals surface area contributed by atoms with Gasteiger partial charge in [0.05, 0.1) is 16.3 Å². The van der Waals surface area contributed by atoms with E-state index in [9.17, 15) is 13.5 Å². The third-order valence-electron chi connectivity index (χ3n) is 6.35. The Morgan fingerprint density at radius 1 is 1.00 bits per heavy atom. The number of aromatic hydroxyl groups is 1. The van der Waals surface area contributed by atoms with Crippen LogP contribution in [-0.4, -0.2) is 25.8 Å². The molecule has 1 aliphatic rings. The summed E-state index contributed by atoms with van der Waals surface area (Å²) in [7, 11) is -3.54. The van der Waals surface area contributed by atoms with E-state index in [2.05, 4.69) is 18.7 Å². The van der Waals surface area contributed by atoms with Gasteiger partial charge in [-0.1, -0.05) is 64.7 Å². The maximum Gasteiger partial charge on any atom is 0.181 e. The molecular weight excluding hydrogens is 394 g/mol. The highest BCUT2D eigenvalue weighted by Crippen LogP contribution is 2.46. The molecule has 0 amide bonds. The number of phenolic OH excluding ortho intramolecular Hbond substituents is 1. The average molecular weight is 430 g/mol. The van der Waals surface area contributed by atoms with Crippen LogP contribution in [0.2, 0.25) is 0 Å². The smallest absolute Gasteiger partial charge is 0.181 e. The number of para-hydroxylation sites is 1. The van der Waals surface area contributed by atoms with Crippen molar-refractivity contribution in [2.75, 3.05) is 17.2 Å². The van der Waals surface area contributed by atoms with Crippen molar-refractivity contribution >= 4 is 21.2 Å². The zero-order valence-corrected chi connectivity index (χ0v) is 19.3. The molecule has 3 rings (SSSR count). The number of unbranched alkanes of at least 4 members (excludes halogenated alkanes) is 2. The first-order valence-corrected chi connectivity index (χ1v) is 12.9. The molecular formula is C25H35NO3S. The van der Waals surface area contributed by atoms with Gasteiger partial charge in [0.2, 0.25) is 0 Å². The van der Waals surface area contributed by atoms with Crippen molar-refractivity contribution < 1.29 is 13.5 Å². The van der Waals surface area contributed by atoms with Gasteiger partial charge < -0.3 is 10.0 Å². The van der Waals surface area contributed by atoms with Gasteiger partial charge in [-0.3, -0.25) is 0 Å². The maximum atomic E-state index is 13.6. The molecule has 0 atom stereocenters. The zero-order valence-electron chi connectivity index (χ0n) is 18.5. The summed E-state index contributed by atoms with van der Waals surface area (Å²) in [4.78, 5) is 2.44. The van der Waals surface area contributed by atoms with E-state index < -0.39 is 9.84 Å². The van der Waals surface area contributed by atoms with Crippen LogP contribution in [0.15, 0.2) is 47.4 Å². The summed E-state index contributed by atoms with van der Waals surface area (Å²) < 4.78 is 27.3. The lowest BCUT2D eigenvalue weighted by Gasteiger charge is -2.37. The van der Waals surface area contributed by atoms with Crippen LogP contribution in [-0.2, 0) is 16.3 Å². The summed E-state index contributed by atoms with van der Waals surface area (Å²) in [6.45, 7) is 6.98. The van der Waals surface area contributed by atoms with E-state index in [4.69, 9.17) is 0 Å². The molecule has 0 unspecified atom stereocenters. The van der Waals surface area contributed by atoms with Gasteiger partial charge >= 0.3 is 0 Å². The molecule has 4 nitrogen and oxygen atoms in total. The molecule has 0 radical (unpaired) electrons. The van der Waals surface area contributed by atoms with E-state index in [0.29, 0.717) is 18.7 Å². The first-order valence-electron chi connectivity index (χ1n) is 11.3. The fraction of sp³-hybridized carbons (Fsp3) is 0.520. The Morgan fingerprint density at radius 2 is 1.63 bits per heavy atom. The summed E-state index contributed by atoms with van der Waals surface area (Å²) in [5.74, 6) is 0.212. The highest BCUT2D eigenvalue weighted by atomic mass is 32.2. The molecule has 0 saturated heterocycles. The number of hydrogen-bond acceptors (Lipinski definition) is 4. The van der Waals surface area contributed by atoms with E-state index >= 15 is 0 Å². The van der Waals surface area contributed by atoms with Gasteiger partial charge in [0.25, 0.3) is 0 Å². The largest absolute Gasteiger partial charge is 0.508 e. The highest BCUT2D eigenvalue weighted by Gasteiger charge is 2.42. The van der Waals surface area contributed by atoms with Crippen LogP contribution in [0.25, 0.3) is 0 Å². The second kappa shape index (κ2) is 9.42. The topological polar surface area (TPSA) is 57.6 Å². The number of fused-ring (bicyclic) bond motifs is 1. The van der Waals surface area contributed by atoms with Gasteiger partial charge in [-0.15, -0.1) is 0 Å². The van der Waals surface area contributed by atoms with Crippen molar-refractivity contribution in [2.45, 2.75) is 70.6 Å². The van der Waals surface area contributed by atoms with Crippen LogP contribution in [0.1, 0.15) is 64.9 Å². The van der Waals surface area contributed by atoms with E-state index in [1.165, 1.54) is 6.07 Å². The van der Waals surface area contributed by atoms with Gasteiger partial charge in [-0.2, -0.15) is 0 Å². The lowest BCUT2D eigenvalue weighted by atomic mass is 9.79. The van der Waals surface area contributed by atoms with Crippen LogP contribution in [0.4, 0.5) is 11.4 Å². The number of rotatable bonds is 8. The number of nitrogens with zero attached hydrogens (tertiary/aromatic N) is 1. The van der Waals surface area contributed by atoms with Crippen molar-refractivity contribution in [1.29, 1.82) is 0 Å². The van der Waals surface area contributed by atoms with Crippen LogP contribution >= 0.6 is 0 Å². The number of benzene rings is 2. The predicted octanol–water partition coefficient (Wildman–Crippen LogP) is 6.25. The molecule has 164 valence electrons. The second-order valence-electron chi connectivity index (χ2n) is 8.69. The van der Waals surface area contributed by atoms with Crippen molar-refractivity contribution in [3.05, 3.63) is 48.0 Å². The SMILES string of the molecule is CCCCC1(CCCC)CN(c2ccccc2)c2cc(CC)c(O)cc2S(=O)(=O)C1. The minimum absolute atomic E-state index is 0.0717. The molecule has 1 heterocycles. The van der Waals surface area contributed by atoms with Crippen LogP contribution < -0.4 is 4.90 Å². The van der Waals surface area contributed by atoms with Crippen molar-refractivity contribution in [2.24, 2.45) is 5.41 Å². The van der Waals surface area contributed by atoms with Gasteiger partial charge in [0.1, 0.15) is 5.75 Å². The molecule has 0 saturated carbocycles. The monoisotopic (exact) mass is 429 g/mol. The minimum atomic E-state index is -3.54. The summed E-state index contributed by atoms with van der Waals surface area (Å²) in [5, 5.41) is 10.5. The Hall–Kier alpha value is -2.01. The lowest BCUT2D eigenvalue weighted by molar-refractivity contribution is 0.270. The van der Waals surface area contributed by atoms with E-state index in [1.807, 2.05) is 43.3 Å². The summed E-state index contributed by atoms with van der Waals surface area (Å²) in [5.41, 5.74) is 2.17. The molecule has 0 bridgehead atoms. The third-order valence-corrected chi connectivity index (χ3v) is 8.34. The van der Waals surface area contributed by atoms with Crippen LogP contribution in [0.3, 0.4) is 0 Å². The summed E-state index contributed by atoms with van der Waals surface area (Å²) >= 11 is 0. The van der Waals surface area contributed by atoms with E-state index in [-0.39, 0.29) is 21.8 Å². The zero-order chi connectivity index (χ0) is 21.8. The molecule has 5 heteroatoms. The first kappa shape index (κ1) is 22.7. The minimum Gasteiger partial charge on any atom is -0.508 e. The fourth-order valence-corrected chi connectivity index (χ4v) is 6.78. The Morgan fingerprint density at radius 3 is 2.20 bits per heavy atom. The van der Waals surface area contributed by atoms with Crippen molar-refractivity contribution in [3.63, 3.8) is 0 Å². The average Bonchev–Trinajstić information content (AvgIpc) is 2.83. The highest BCUT2D eigenvalue weighted by molar-refractivity contribution is 7.91. The quantitative estimate of drug-likeness (QED) is 0.539. The molecule has 2 aromatic carbocycles. The normalized spacial score (nSPS) is 17.4. The molecule has 1 N–H and O–H groups in total. The lowest BCUT2D eigenvalue weighted by Crippen LogP contribution is -2.38. The molecule has 0 aromatic heterocycles. The Balaban J connectivity index is 2.23. The van der Waals surface area contributed by atoms with Crippen LogP contribution in [0, 0.1) is 5.41 Å². The Labute approximate surface area is 181 Å². The van der Waals surface area contributed by atoms with Gasteiger partial charge in [0.15, 0.2) is 9.84 Å². The van der Waals surface area contributed by atoms with Gasteiger partial charge in [-0.05, 0) is 43.0 Å². The van der Waals surface area contributed by atoms with Crippen LogP contribution in [0.5, 0.6) is 5.75 Å². The van der Waals surface area contributed by atoms with E-state index in [0.717, 1.165) is 49.8 Å². The summed E-state index contributed by atoms with van der Waals surface area (Å²) in [6, 6.07) is 13.4. The fourth-order valence-electron chi connectivity index (χ4n) is 4.66. The standard InChI is InChI=1S/C25H35NO3S/c1-4-7-14-25(15-8-5-2)18-26(21-12-10-9-11-13-21)22-16-20(6-3)23(27)17-24(22)30(28,29)19-25/h9-13,16-17,27H,4-8,14-15,18-19H2,1-3H3. The molecule has 0 spiro atoms. The van der Waals surface area contributed by atoms with Crippen molar-refractivity contribution in [3.8, 4) is 5.75 Å². The molecule has 0 fully saturated rings. The molecule has 30 heavy (non-hydrogen) atoms. The predicted molar refractivity (Wildman–Crippen MR) is 124 cm³/mol. The number of phenols is 1. The van der Waals surface area contributed by atoms with Crippen molar-refractivity contribution in [1.82, 2.24) is 0 Å². The number of anilines is 2. The second-order valence-corrected chi connectivity index (χ2v) is 10.6. The third kappa shape index (κ3) is 4.66. The van der Waals surface area contributed by atoms with Gasteiger partial charge in [0, 0.05) is 23.7 Å². The number of hydrogen-bond donors (Lipinski definition) is 1. The van der Waals surface area contributed by atoms with E-state index in [1.54, 1.807) is 0 Å². The number of aryl methyl sites for hydroxylation is 1. The molecule has 1 aliphatic heterocycles. The number of sulfone groups is 1. The maximum absolute atomic E-state index is 13.6. The van der Waals surface area contributed by atoms with Gasteiger partial charge in [-0.25, -0.2) is 8.42 Å². The molecule has 0 aliphatic carbocycles. The molecule has 2 aromatic rings.